The van der Waals surface area contributed by atoms with E-state index in [1.807, 2.05) is 18.3 Å². The molecular formula is C14H16N2O3. The summed E-state index contributed by atoms with van der Waals surface area (Å²) in [6, 6.07) is 7.43. The van der Waals surface area contributed by atoms with Crippen molar-refractivity contribution >= 4 is 16.8 Å². The predicted octanol–water partition coefficient (Wildman–Crippen LogP) is 1.05. The Labute approximate surface area is 110 Å². The molecule has 1 unspecified atom stereocenters. The van der Waals surface area contributed by atoms with Gasteiger partial charge in [0.2, 0.25) is 0 Å². The zero-order chi connectivity index (χ0) is 13.3. The first-order chi connectivity index (χ1) is 9.16. The summed E-state index contributed by atoms with van der Waals surface area (Å²) in [5, 5.41) is 13.9. The Hall–Kier alpha value is -1.85. The number of nitrogens with one attached hydrogen (secondary N) is 2. The van der Waals surface area contributed by atoms with Crippen LogP contribution in [0.25, 0.3) is 10.9 Å². The highest BCUT2D eigenvalue weighted by Gasteiger charge is 2.32. The Bertz CT molecular complexity index is 600. The first kappa shape index (κ1) is 12.2. The van der Waals surface area contributed by atoms with Crippen molar-refractivity contribution in [3.8, 4) is 0 Å². The lowest BCUT2D eigenvalue weighted by molar-refractivity contribution is 0.0264. The van der Waals surface area contributed by atoms with E-state index in [-0.39, 0.29) is 19.1 Å². The van der Waals surface area contributed by atoms with E-state index in [2.05, 4.69) is 10.3 Å². The van der Waals surface area contributed by atoms with Crippen molar-refractivity contribution < 1.29 is 14.6 Å². The van der Waals surface area contributed by atoms with E-state index >= 15 is 0 Å². The van der Waals surface area contributed by atoms with Gasteiger partial charge in [-0.25, -0.2) is 0 Å². The van der Waals surface area contributed by atoms with Crippen LogP contribution in [0.1, 0.15) is 16.8 Å². The number of H-pyrrole nitrogens is 1. The number of benzene rings is 1. The van der Waals surface area contributed by atoms with Crippen LogP contribution < -0.4 is 5.32 Å². The molecule has 0 saturated carbocycles. The summed E-state index contributed by atoms with van der Waals surface area (Å²) in [7, 11) is 0. The first-order valence-electron chi connectivity index (χ1n) is 6.32. The minimum atomic E-state index is -0.924. The highest BCUT2D eigenvalue weighted by molar-refractivity contribution is 5.97. The van der Waals surface area contributed by atoms with Gasteiger partial charge in [0.25, 0.3) is 5.91 Å². The maximum Gasteiger partial charge on any atom is 0.251 e. The van der Waals surface area contributed by atoms with E-state index in [4.69, 9.17) is 4.74 Å². The van der Waals surface area contributed by atoms with Crippen LogP contribution in [0, 0.1) is 0 Å². The largest absolute Gasteiger partial charge is 0.386 e. The van der Waals surface area contributed by atoms with E-state index in [9.17, 15) is 9.90 Å². The molecule has 0 radical (unpaired) electrons. The third-order valence-electron chi connectivity index (χ3n) is 3.48. The molecule has 1 fully saturated rings. The van der Waals surface area contributed by atoms with Crippen molar-refractivity contribution in [1.82, 2.24) is 10.3 Å². The summed E-state index contributed by atoms with van der Waals surface area (Å²) in [5.74, 6) is -0.183. The molecule has 19 heavy (non-hydrogen) atoms. The molecule has 100 valence electrons. The number of carbonyl (C=O) groups is 1. The molecule has 1 aromatic carbocycles. The fraction of sp³-hybridized carbons (Fsp3) is 0.357. The van der Waals surface area contributed by atoms with E-state index in [0.29, 0.717) is 18.6 Å². The number of amides is 1. The second kappa shape index (κ2) is 4.68. The first-order valence-corrected chi connectivity index (χ1v) is 6.32. The van der Waals surface area contributed by atoms with Gasteiger partial charge in [0.1, 0.15) is 5.60 Å². The Morgan fingerprint density at radius 1 is 1.47 bits per heavy atom. The molecule has 1 aliphatic heterocycles. The van der Waals surface area contributed by atoms with Crippen molar-refractivity contribution in [2.24, 2.45) is 0 Å². The number of aromatic amines is 1. The summed E-state index contributed by atoms with van der Waals surface area (Å²) in [5.41, 5.74) is 0.583. The normalized spacial score (nSPS) is 22.8. The van der Waals surface area contributed by atoms with Gasteiger partial charge in [-0.2, -0.15) is 0 Å². The van der Waals surface area contributed by atoms with E-state index in [0.717, 1.165) is 10.9 Å². The number of ether oxygens (including phenoxy) is 1. The Morgan fingerprint density at radius 3 is 3.16 bits per heavy atom. The van der Waals surface area contributed by atoms with Gasteiger partial charge < -0.3 is 20.1 Å². The molecule has 3 rings (SSSR count). The van der Waals surface area contributed by atoms with Gasteiger partial charge >= 0.3 is 0 Å². The van der Waals surface area contributed by atoms with Crippen LogP contribution in [0.5, 0.6) is 0 Å². The van der Waals surface area contributed by atoms with Crippen LogP contribution in [-0.4, -0.2) is 41.4 Å². The van der Waals surface area contributed by atoms with Crippen molar-refractivity contribution in [3.63, 3.8) is 0 Å². The third-order valence-corrected chi connectivity index (χ3v) is 3.48. The average molecular weight is 260 g/mol. The molecule has 1 atom stereocenters. The summed E-state index contributed by atoms with van der Waals surface area (Å²) in [6.07, 6.45) is 2.40. The lowest BCUT2D eigenvalue weighted by atomic mass is 10.0. The second-order valence-electron chi connectivity index (χ2n) is 4.99. The molecule has 1 aliphatic rings. The molecule has 1 amide bonds. The lowest BCUT2D eigenvalue weighted by Crippen LogP contribution is -2.43. The van der Waals surface area contributed by atoms with E-state index in [1.54, 1.807) is 12.1 Å². The molecule has 5 nitrogen and oxygen atoms in total. The summed E-state index contributed by atoms with van der Waals surface area (Å²) in [6.45, 7) is 1.04. The smallest absolute Gasteiger partial charge is 0.251 e. The fourth-order valence-corrected chi connectivity index (χ4v) is 2.27. The summed E-state index contributed by atoms with van der Waals surface area (Å²) < 4.78 is 5.14. The lowest BCUT2D eigenvalue weighted by Gasteiger charge is -2.20. The monoisotopic (exact) mass is 260 g/mol. The Balaban J connectivity index is 1.69. The van der Waals surface area contributed by atoms with Gasteiger partial charge in [0, 0.05) is 36.8 Å². The van der Waals surface area contributed by atoms with E-state index < -0.39 is 5.60 Å². The van der Waals surface area contributed by atoms with Gasteiger partial charge in [-0.15, -0.1) is 0 Å². The molecule has 0 aliphatic carbocycles. The minimum Gasteiger partial charge on any atom is -0.386 e. The SMILES string of the molecule is O=C(NCC1(O)CCOC1)c1ccc2cc[nH]c2c1. The standard InChI is InChI=1S/C14H16N2O3/c17-13(16-8-14(18)4-6-19-9-14)11-2-1-10-3-5-15-12(10)7-11/h1-3,5,7,15,18H,4,6,8-9H2,(H,16,17). The molecule has 2 heterocycles. The fourth-order valence-electron chi connectivity index (χ4n) is 2.27. The maximum atomic E-state index is 12.0. The number of hydrogen-bond acceptors (Lipinski definition) is 3. The Kier molecular flexibility index (Phi) is 3.00. The van der Waals surface area contributed by atoms with Crippen molar-refractivity contribution in [1.29, 1.82) is 0 Å². The zero-order valence-electron chi connectivity index (χ0n) is 10.5. The van der Waals surface area contributed by atoms with Gasteiger partial charge in [-0.1, -0.05) is 6.07 Å². The van der Waals surface area contributed by atoms with Gasteiger partial charge in [-0.3, -0.25) is 4.79 Å². The van der Waals surface area contributed by atoms with Gasteiger partial charge in [-0.05, 0) is 23.6 Å². The second-order valence-corrected chi connectivity index (χ2v) is 4.99. The predicted molar refractivity (Wildman–Crippen MR) is 71.0 cm³/mol. The molecular weight excluding hydrogens is 244 g/mol. The minimum absolute atomic E-state index is 0.183. The number of aliphatic hydroxyl groups is 1. The van der Waals surface area contributed by atoms with Crippen LogP contribution in [-0.2, 0) is 4.74 Å². The zero-order valence-corrected chi connectivity index (χ0v) is 10.5. The van der Waals surface area contributed by atoms with Crippen LogP contribution in [0.15, 0.2) is 30.5 Å². The average Bonchev–Trinajstić information content (AvgIpc) is 3.04. The van der Waals surface area contributed by atoms with Crippen LogP contribution in [0.4, 0.5) is 0 Å². The highest BCUT2D eigenvalue weighted by atomic mass is 16.5. The molecule has 2 aromatic rings. The van der Waals surface area contributed by atoms with Crippen LogP contribution in [0.3, 0.4) is 0 Å². The quantitative estimate of drug-likeness (QED) is 0.772. The maximum absolute atomic E-state index is 12.0. The summed E-state index contributed by atoms with van der Waals surface area (Å²) in [4.78, 5) is 15.1. The van der Waals surface area contributed by atoms with E-state index in [1.165, 1.54) is 0 Å². The molecule has 0 bridgehead atoms. The van der Waals surface area contributed by atoms with Crippen molar-refractivity contribution in [2.45, 2.75) is 12.0 Å². The number of carbonyl (C=O) groups excluding carboxylic acids is 1. The molecule has 1 saturated heterocycles. The molecule has 1 aromatic heterocycles. The topological polar surface area (TPSA) is 74.3 Å². The number of rotatable bonds is 3. The van der Waals surface area contributed by atoms with Gasteiger partial charge in [0.15, 0.2) is 0 Å². The number of aromatic nitrogens is 1. The van der Waals surface area contributed by atoms with Gasteiger partial charge in [0.05, 0.1) is 6.61 Å². The molecule has 0 spiro atoms. The number of hydrogen-bond donors (Lipinski definition) is 3. The van der Waals surface area contributed by atoms with Crippen LogP contribution in [0.2, 0.25) is 0 Å². The van der Waals surface area contributed by atoms with Crippen molar-refractivity contribution in [2.75, 3.05) is 19.8 Å². The Morgan fingerprint density at radius 2 is 2.37 bits per heavy atom. The van der Waals surface area contributed by atoms with Crippen molar-refractivity contribution in [3.05, 3.63) is 36.0 Å². The summed E-state index contributed by atoms with van der Waals surface area (Å²) >= 11 is 0. The molecule has 5 heteroatoms. The highest BCUT2D eigenvalue weighted by Crippen LogP contribution is 2.18. The van der Waals surface area contributed by atoms with Crippen LogP contribution >= 0.6 is 0 Å². The third kappa shape index (κ3) is 2.47. The molecule has 3 N–H and O–H groups in total. The number of fused-ring (bicyclic) bond motifs is 1.